The first-order valence-electron chi connectivity index (χ1n) is 5.20. The molecule has 1 aromatic heterocycles. The number of halogens is 3. The fourth-order valence-electron chi connectivity index (χ4n) is 1.58. The molecule has 0 saturated heterocycles. The second kappa shape index (κ2) is 4.34. The summed E-state index contributed by atoms with van der Waals surface area (Å²) >= 11 is 0. The quantitative estimate of drug-likeness (QED) is 0.548. The van der Waals surface area contributed by atoms with Crippen LogP contribution >= 0.6 is 0 Å². The first-order chi connectivity index (χ1) is 8.79. The van der Waals surface area contributed by atoms with Gasteiger partial charge in [-0.3, -0.25) is 4.98 Å². The van der Waals surface area contributed by atoms with Gasteiger partial charge in [0.2, 0.25) is 0 Å². The van der Waals surface area contributed by atoms with Crippen LogP contribution in [-0.4, -0.2) is 10.1 Å². The molecule has 0 fully saturated rings. The summed E-state index contributed by atoms with van der Waals surface area (Å²) < 4.78 is 37.4. The second-order valence-corrected chi connectivity index (χ2v) is 3.93. The first kappa shape index (κ1) is 13.0. The molecular formula is C12H10F3N3O. The van der Waals surface area contributed by atoms with Crippen LogP contribution < -0.4 is 11.5 Å². The molecule has 0 radical (unpaired) electrons. The summed E-state index contributed by atoms with van der Waals surface area (Å²) in [6.07, 6.45) is -3.79. The number of alkyl halides is 3. The van der Waals surface area contributed by atoms with Gasteiger partial charge in [-0.2, -0.15) is 13.2 Å². The van der Waals surface area contributed by atoms with E-state index in [2.05, 4.69) is 4.98 Å². The van der Waals surface area contributed by atoms with Crippen LogP contribution in [0.3, 0.4) is 0 Å². The monoisotopic (exact) mass is 269 g/mol. The normalized spacial score (nSPS) is 11.5. The van der Waals surface area contributed by atoms with Gasteiger partial charge < -0.3 is 16.6 Å². The van der Waals surface area contributed by atoms with Gasteiger partial charge in [0, 0.05) is 11.8 Å². The largest absolute Gasteiger partial charge is 0.506 e. The Morgan fingerprint density at radius 3 is 2.26 bits per heavy atom. The zero-order valence-electron chi connectivity index (χ0n) is 9.57. The third kappa shape index (κ3) is 2.54. The highest BCUT2D eigenvalue weighted by Crippen LogP contribution is 2.34. The predicted molar refractivity (Wildman–Crippen MR) is 65.2 cm³/mol. The summed E-state index contributed by atoms with van der Waals surface area (Å²) in [5.74, 6) is -0.116. The maximum atomic E-state index is 12.5. The number of anilines is 2. The van der Waals surface area contributed by atoms with Crippen molar-refractivity contribution in [1.82, 2.24) is 4.98 Å². The average Bonchev–Trinajstić information content (AvgIpc) is 2.31. The van der Waals surface area contributed by atoms with Crippen LogP contribution in [0.5, 0.6) is 5.75 Å². The Kier molecular flexibility index (Phi) is 2.97. The summed E-state index contributed by atoms with van der Waals surface area (Å²) in [5.41, 5.74) is 10.8. The number of hydrogen-bond acceptors (Lipinski definition) is 4. The van der Waals surface area contributed by atoms with Crippen molar-refractivity contribution in [1.29, 1.82) is 0 Å². The molecular weight excluding hydrogens is 259 g/mol. The molecule has 0 aliphatic heterocycles. The van der Waals surface area contributed by atoms with Crippen LogP contribution in [0, 0.1) is 0 Å². The SMILES string of the molecule is Nc1cc(-c2ncc(C(F)(F)F)cc2N)ccc1O. The van der Waals surface area contributed by atoms with Crippen LogP contribution in [0.1, 0.15) is 5.56 Å². The minimum Gasteiger partial charge on any atom is -0.506 e. The van der Waals surface area contributed by atoms with E-state index in [9.17, 15) is 18.3 Å². The maximum Gasteiger partial charge on any atom is 0.417 e. The summed E-state index contributed by atoms with van der Waals surface area (Å²) in [4.78, 5) is 3.70. The number of nitrogen functional groups attached to an aromatic ring is 2. The van der Waals surface area contributed by atoms with Crippen molar-refractivity contribution in [3.8, 4) is 17.0 Å². The third-order valence-electron chi connectivity index (χ3n) is 2.55. The van der Waals surface area contributed by atoms with Crippen molar-refractivity contribution in [3.05, 3.63) is 36.0 Å². The number of benzene rings is 1. The van der Waals surface area contributed by atoms with Gasteiger partial charge in [0.05, 0.1) is 22.6 Å². The summed E-state index contributed by atoms with van der Waals surface area (Å²) in [7, 11) is 0. The number of phenolic OH excluding ortho intramolecular Hbond substituents is 1. The Balaban J connectivity index is 2.49. The van der Waals surface area contributed by atoms with Gasteiger partial charge in [0.15, 0.2) is 0 Å². The summed E-state index contributed by atoms with van der Waals surface area (Å²) in [5, 5.41) is 9.29. The Bertz CT molecular complexity index is 626. The minimum absolute atomic E-state index is 0.0959. The van der Waals surface area contributed by atoms with E-state index in [4.69, 9.17) is 11.5 Å². The summed E-state index contributed by atoms with van der Waals surface area (Å²) in [6.45, 7) is 0. The molecule has 7 heteroatoms. The van der Waals surface area contributed by atoms with Gasteiger partial charge in [0.1, 0.15) is 5.75 Å². The Labute approximate surface area is 106 Å². The van der Waals surface area contributed by atoms with Gasteiger partial charge in [-0.05, 0) is 24.3 Å². The molecule has 0 unspecified atom stereocenters. The highest BCUT2D eigenvalue weighted by molar-refractivity contribution is 5.76. The lowest BCUT2D eigenvalue weighted by Gasteiger charge is -2.10. The van der Waals surface area contributed by atoms with Crippen LogP contribution in [0.4, 0.5) is 24.5 Å². The lowest BCUT2D eigenvalue weighted by Crippen LogP contribution is -2.07. The Hall–Kier alpha value is -2.44. The molecule has 0 aliphatic rings. The predicted octanol–water partition coefficient (Wildman–Crippen LogP) is 2.64. The molecule has 5 N–H and O–H groups in total. The van der Waals surface area contributed by atoms with E-state index in [0.29, 0.717) is 11.8 Å². The van der Waals surface area contributed by atoms with E-state index < -0.39 is 11.7 Å². The number of pyridine rings is 1. The number of aromatic hydroxyl groups is 1. The van der Waals surface area contributed by atoms with Crippen LogP contribution in [-0.2, 0) is 6.18 Å². The molecule has 0 atom stereocenters. The molecule has 0 saturated carbocycles. The smallest absolute Gasteiger partial charge is 0.417 e. The zero-order valence-corrected chi connectivity index (χ0v) is 9.57. The molecule has 0 amide bonds. The maximum absolute atomic E-state index is 12.5. The van der Waals surface area contributed by atoms with Crippen molar-refractivity contribution in [2.75, 3.05) is 11.5 Å². The topological polar surface area (TPSA) is 85.2 Å². The molecule has 2 rings (SSSR count). The fraction of sp³-hybridized carbons (Fsp3) is 0.0833. The van der Waals surface area contributed by atoms with Gasteiger partial charge in [0.25, 0.3) is 0 Å². The van der Waals surface area contributed by atoms with E-state index in [0.717, 1.165) is 6.07 Å². The molecule has 2 aromatic rings. The molecule has 100 valence electrons. The molecule has 0 aliphatic carbocycles. The van der Waals surface area contributed by atoms with Crippen LogP contribution in [0.2, 0.25) is 0 Å². The number of hydrogen-bond donors (Lipinski definition) is 3. The molecule has 0 bridgehead atoms. The molecule has 4 nitrogen and oxygen atoms in total. The van der Waals surface area contributed by atoms with Crippen LogP contribution in [0.25, 0.3) is 11.3 Å². The van der Waals surface area contributed by atoms with E-state index >= 15 is 0 Å². The van der Waals surface area contributed by atoms with E-state index in [1.807, 2.05) is 0 Å². The van der Waals surface area contributed by atoms with Crippen molar-refractivity contribution in [2.45, 2.75) is 6.18 Å². The fourth-order valence-corrected chi connectivity index (χ4v) is 1.58. The van der Waals surface area contributed by atoms with Crippen molar-refractivity contribution >= 4 is 11.4 Å². The highest BCUT2D eigenvalue weighted by Gasteiger charge is 2.31. The van der Waals surface area contributed by atoms with Gasteiger partial charge in [-0.25, -0.2) is 0 Å². The van der Waals surface area contributed by atoms with E-state index in [1.165, 1.54) is 18.2 Å². The van der Waals surface area contributed by atoms with Crippen molar-refractivity contribution < 1.29 is 18.3 Å². The number of nitrogens with zero attached hydrogens (tertiary/aromatic N) is 1. The second-order valence-electron chi connectivity index (χ2n) is 3.93. The Morgan fingerprint density at radius 2 is 1.74 bits per heavy atom. The minimum atomic E-state index is -4.49. The van der Waals surface area contributed by atoms with E-state index in [1.54, 1.807) is 0 Å². The number of nitrogens with two attached hydrogens (primary N) is 2. The number of aromatic nitrogens is 1. The lowest BCUT2D eigenvalue weighted by atomic mass is 10.1. The highest BCUT2D eigenvalue weighted by atomic mass is 19.4. The Morgan fingerprint density at radius 1 is 1.05 bits per heavy atom. The zero-order chi connectivity index (χ0) is 14.2. The van der Waals surface area contributed by atoms with Gasteiger partial charge in [-0.15, -0.1) is 0 Å². The van der Waals surface area contributed by atoms with E-state index in [-0.39, 0.29) is 22.8 Å². The summed E-state index contributed by atoms with van der Waals surface area (Å²) in [6, 6.07) is 4.99. The van der Waals surface area contributed by atoms with Gasteiger partial charge >= 0.3 is 6.18 Å². The lowest BCUT2D eigenvalue weighted by molar-refractivity contribution is -0.137. The molecule has 0 spiro atoms. The van der Waals surface area contributed by atoms with Crippen molar-refractivity contribution in [2.24, 2.45) is 0 Å². The average molecular weight is 269 g/mol. The number of rotatable bonds is 1. The third-order valence-corrected chi connectivity index (χ3v) is 2.55. The van der Waals surface area contributed by atoms with Gasteiger partial charge in [-0.1, -0.05) is 0 Å². The standard InChI is InChI=1S/C12H10F3N3O/c13-12(14,15)7-4-9(17)11(18-5-7)6-1-2-10(19)8(16)3-6/h1-5,19H,16-17H2. The molecule has 1 heterocycles. The number of phenols is 1. The van der Waals surface area contributed by atoms with Crippen molar-refractivity contribution in [3.63, 3.8) is 0 Å². The van der Waals surface area contributed by atoms with Crippen LogP contribution in [0.15, 0.2) is 30.5 Å². The molecule has 1 aromatic carbocycles. The molecule has 19 heavy (non-hydrogen) atoms. The first-order valence-corrected chi connectivity index (χ1v) is 5.20.